The molecular weight excluding hydrogens is 224 g/mol. The summed E-state index contributed by atoms with van der Waals surface area (Å²) < 4.78 is 0. The minimum atomic E-state index is -1.64. The van der Waals surface area contributed by atoms with Crippen molar-refractivity contribution in [2.45, 2.75) is 24.4 Å². The van der Waals surface area contributed by atoms with E-state index in [1.165, 1.54) is 0 Å². The lowest BCUT2D eigenvalue weighted by molar-refractivity contribution is -0.113. The Morgan fingerprint density at radius 1 is 1.13 bits per heavy atom. The van der Waals surface area contributed by atoms with Crippen LogP contribution in [0.2, 0.25) is 0 Å². The summed E-state index contributed by atoms with van der Waals surface area (Å²) >= 11 is 4.46. The topological polar surface area (TPSA) is 139 Å². The molecule has 0 aliphatic heterocycles. The molecule has 0 aliphatic carbocycles. The lowest BCUT2D eigenvalue weighted by atomic mass is 10.0. The second kappa shape index (κ2) is 6.88. The maximum Gasteiger partial charge on any atom is 0.163 e. The van der Waals surface area contributed by atoms with Crippen LogP contribution in [0.3, 0.4) is 0 Å². The molecule has 0 rings (SSSR count). The van der Waals surface area contributed by atoms with Crippen LogP contribution in [-0.2, 0) is 0 Å². The van der Waals surface area contributed by atoms with Crippen molar-refractivity contribution in [1.82, 2.24) is 5.32 Å². The van der Waals surface area contributed by atoms with Gasteiger partial charge in [0.25, 0.3) is 0 Å². The molecule has 8 heteroatoms. The molecule has 0 radical (unpaired) electrons. The van der Waals surface area contributed by atoms with E-state index in [4.69, 9.17) is 15.9 Å². The van der Waals surface area contributed by atoms with Crippen LogP contribution in [0, 0.1) is 0 Å². The Morgan fingerprint density at radius 2 is 1.60 bits per heavy atom. The summed E-state index contributed by atoms with van der Waals surface area (Å²) in [6, 6.07) is 0. The number of rotatable bonds is 6. The normalized spacial score (nSPS) is 19.0. The molecule has 0 heterocycles. The van der Waals surface area contributed by atoms with Crippen molar-refractivity contribution in [1.29, 1.82) is 0 Å². The molecule has 0 spiro atoms. The van der Waals surface area contributed by atoms with Gasteiger partial charge in [0, 0.05) is 6.54 Å². The van der Waals surface area contributed by atoms with Gasteiger partial charge in [0.1, 0.15) is 18.3 Å². The predicted octanol–water partition coefficient (Wildman–Crippen LogP) is -3.74. The van der Waals surface area contributed by atoms with E-state index in [9.17, 15) is 15.3 Å². The van der Waals surface area contributed by atoms with Crippen molar-refractivity contribution in [2.24, 2.45) is 5.73 Å². The quantitative estimate of drug-likeness (QED) is 0.235. The standard InChI is InChI=1S/C7H16N2O5S/c8-7(15)9-1-3(11)5(13)6(14)4(12)2-10/h3-6,10-14H,1-2H2,(H3,8,9,15). The zero-order chi connectivity index (χ0) is 12.0. The second-order valence-electron chi connectivity index (χ2n) is 3.04. The zero-order valence-corrected chi connectivity index (χ0v) is 8.76. The van der Waals surface area contributed by atoms with E-state index in [2.05, 4.69) is 17.5 Å². The first-order valence-electron chi connectivity index (χ1n) is 4.26. The van der Waals surface area contributed by atoms with Crippen molar-refractivity contribution < 1.29 is 25.5 Å². The van der Waals surface area contributed by atoms with Gasteiger partial charge in [-0.2, -0.15) is 0 Å². The van der Waals surface area contributed by atoms with Crippen LogP contribution >= 0.6 is 12.2 Å². The van der Waals surface area contributed by atoms with Crippen LogP contribution in [0.1, 0.15) is 0 Å². The number of nitrogens with two attached hydrogens (primary N) is 1. The second-order valence-corrected chi connectivity index (χ2v) is 3.48. The van der Waals surface area contributed by atoms with Crippen LogP contribution in [0.4, 0.5) is 0 Å². The summed E-state index contributed by atoms with van der Waals surface area (Å²) in [6.07, 6.45) is -6.12. The van der Waals surface area contributed by atoms with Gasteiger partial charge in [-0.05, 0) is 12.2 Å². The van der Waals surface area contributed by atoms with Crippen molar-refractivity contribution >= 4 is 17.3 Å². The maximum absolute atomic E-state index is 9.31. The third kappa shape index (κ3) is 5.21. The SMILES string of the molecule is NC(=S)NCC(O)C(O)C(O)C(O)CO. The Labute approximate surface area is 92.1 Å². The first kappa shape index (κ1) is 14.5. The molecule has 0 fully saturated rings. The van der Waals surface area contributed by atoms with Crippen molar-refractivity contribution in [2.75, 3.05) is 13.2 Å². The average Bonchev–Trinajstić information content (AvgIpc) is 2.22. The summed E-state index contributed by atoms with van der Waals surface area (Å²) in [5.74, 6) is 0. The molecule has 4 unspecified atom stereocenters. The molecule has 0 aromatic carbocycles. The summed E-state index contributed by atoms with van der Waals surface area (Å²) in [5.41, 5.74) is 5.08. The highest BCUT2D eigenvalue weighted by molar-refractivity contribution is 7.80. The number of hydrogen-bond acceptors (Lipinski definition) is 6. The number of hydrogen-bond donors (Lipinski definition) is 7. The van der Waals surface area contributed by atoms with E-state index in [0.29, 0.717) is 0 Å². The molecule has 0 bridgehead atoms. The summed E-state index contributed by atoms with van der Waals surface area (Å²) in [7, 11) is 0. The largest absolute Gasteiger partial charge is 0.394 e. The summed E-state index contributed by atoms with van der Waals surface area (Å²) in [4.78, 5) is 0. The first-order valence-corrected chi connectivity index (χ1v) is 4.67. The Hall–Kier alpha value is -0.510. The van der Waals surface area contributed by atoms with Crippen molar-refractivity contribution in [3.05, 3.63) is 0 Å². The van der Waals surface area contributed by atoms with Crippen LogP contribution in [0.5, 0.6) is 0 Å². The van der Waals surface area contributed by atoms with Gasteiger partial charge in [-0.15, -0.1) is 0 Å². The number of aliphatic hydroxyl groups is 5. The molecule has 15 heavy (non-hydrogen) atoms. The highest BCUT2D eigenvalue weighted by atomic mass is 32.1. The van der Waals surface area contributed by atoms with E-state index in [0.717, 1.165) is 0 Å². The van der Waals surface area contributed by atoms with Gasteiger partial charge in [-0.25, -0.2) is 0 Å². The molecule has 0 saturated heterocycles. The van der Waals surface area contributed by atoms with Crippen molar-refractivity contribution in [3.63, 3.8) is 0 Å². The first-order chi connectivity index (χ1) is 6.90. The lowest BCUT2D eigenvalue weighted by Gasteiger charge is -2.25. The third-order valence-electron chi connectivity index (χ3n) is 1.81. The summed E-state index contributed by atoms with van der Waals surface area (Å²) in [6.45, 7) is -0.876. The highest BCUT2D eigenvalue weighted by Crippen LogP contribution is 2.04. The van der Waals surface area contributed by atoms with E-state index >= 15 is 0 Å². The van der Waals surface area contributed by atoms with E-state index in [1.54, 1.807) is 0 Å². The zero-order valence-electron chi connectivity index (χ0n) is 7.95. The molecule has 0 saturated carbocycles. The van der Waals surface area contributed by atoms with Gasteiger partial charge in [0.15, 0.2) is 5.11 Å². The number of thiocarbonyl (C=S) groups is 1. The Morgan fingerprint density at radius 3 is 2.00 bits per heavy atom. The minimum absolute atomic E-state index is 0.0570. The number of nitrogens with one attached hydrogen (secondary N) is 1. The van der Waals surface area contributed by atoms with Gasteiger partial charge in [0.05, 0.1) is 12.7 Å². The predicted molar refractivity (Wildman–Crippen MR) is 55.9 cm³/mol. The van der Waals surface area contributed by atoms with Crippen LogP contribution in [0.15, 0.2) is 0 Å². The summed E-state index contributed by atoms with van der Waals surface area (Å²) in [5, 5.41) is 47.6. The van der Waals surface area contributed by atoms with Crippen molar-refractivity contribution in [3.8, 4) is 0 Å². The van der Waals surface area contributed by atoms with E-state index in [-0.39, 0.29) is 11.7 Å². The van der Waals surface area contributed by atoms with E-state index < -0.39 is 31.0 Å². The van der Waals surface area contributed by atoms with Gasteiger partial charge >= 0.3 is 0 Å². The van der Waals surface area contributed by atoms with Gasteiger partial charge in [-0.1, -0.05) is 0 Å². The van der Waals surface area contributed by atoms with E-state index in [1.807, 2.05) is 0 Å². The highest BCUT2D eigenvalue weighted by Gasteiger charge is 2.29. The third-order valence-corrected chi connectivity index (χ3v) is 1.96. The van der Waals surface area contributed by atoms with Crippen LogP contribution < -0.4 is 11.1 Å². The van der Waals surface area contributed by atoms with Crippen LogP contribution in [0.25, 0.3) is 0 Å². The molecule has 0 amide bonds. The number of aliphatic hydroxyl groups excluding tert-OH is 5. The fourth-order valence-corrected chi connectivity index (χ4v) is 0.972. The minimum Gasteiger partial charge on any atom is -0.394 e. The Bertz CT molecular complexity index is 206. The molecule has 4 atom stereocenters. The van der Waals surface area contributed by atoms with Crippen LogP contribution in [-0.4, -0.2) is 68.2 Å². The Kier molecular flexibility index (Phi) is 6.65. The van der Waals surface area contributed by atoms with Gasteiger partial charge in [-0.3, -0.25) is 0 Å². The van der Waals surface area contributed by atoms with Gasteiger partial charge < -0.3 is 36.6 Å². The fourth-order valence-electron chi connectivity index (χ4n) is 0.889. The maximum atomic E-state index is 9.31. The molecule has 90 valence electrons. The molecule has 7 nitrogen and oxygen atoms in total. The molecule has 8 N–H and O–H groups in total. The average molecular weight is 240 g/mol. The Balaban J connectivity index is 4.06. The smallest absolute Gasteiger partial charge is 0.163 e. The molecular formula is C7H16N2O5S. The fraction of sp³-hybridized carbons (Fsp3) is 0.857. The molecule has 0 aromatic rings. The monoisotopic (exact) mass is 240 g/mol. The molecule has 0 aromatic heterocycles. The molecule has 0 aliphatic rings. The lowest BCUT2D eigenvalue weighted by Crippen LogP contribution is -2.50. The van der Waals surface area contributed by atoms with Gasteiger partial charge in [0.2, 0.25) is 0 Å².